The number of fused-ring (bicyclic) bond motifs is 1. The van der Waals surface area contributed by atoms with Gasteiger partial charge in [0.25, 0.3) is 5.91 Å². The zero-order valence-corrected chi connectivity index (χ0v) is 21.2. The summed E-state index contributed by atoms with van der Waals surface area (Å²) in [5, 5.41) is 5.23. The van der Waals surface area contributed by atoms with Crippen molar-refractivity contribution in [2.24, 2.45) is 5.10 Å². The van der Waals surface area contributed by atoms with E-state index in [4.69, 9.17) is 4.74 Å². The summed E-state index contributed by atoms with van der Waals surface area (Å²) in [6.45, 7) is 4.01. The van der Waals surface area contributed by atoms with E-state index in [2.05, 4.69) is 63.4 Å². The number of nitrogens with zero attached hydrogens (tertiary/aromatic N) is 3. The lowest BCUT2D eigenvalue weighted by atomic mass is 10.2. The molecule has 2 aromatic heterocycles. The van der Waals surface area contributed by atoms with Crippen LogP contribution in [0.15, 0.2) is 72.0 Å². The summed E-state index contributed by atoms with van der Waals surface area (Å²) in [4.78, 5) is 16.6. The molecule has 178 valence electrons. The Morgan fingerprint density at radius 1 is 1.14 bits per heavy atom. The molecule has 1 N–H and O–H groups in total. The Labute approximate surface area is 213 Å². The van der Waals surface area contributed by atoms with Crippen molar-refractivity contribution in [3.63, 3.8) is 0 Å². The highest BCUT2D eigenvalue weighted by Crippen LogP contribution is 2.45. The van der Waals surface area contributed by atoms with Crippen LogP contribution >= 0.6 is 23.5 Å². The summed E-state index contributed by atoms with van der Waals surface area (Å²) in [6, 6.07) is 20.2. The van der Waals surface area contributed by atoms with Crippen LogP contribution in [0.25, 0.3) is 16.6 Å². The molecule has 0 aliphatic carbocycles. The summed E-state index contributed by atoms with van der Waals surface area (Å²) >= 11 is 3.93. The van der Waals surface area contributed by atoms with Gasteiger partial charge in [-0.25, -0.2) is 5.43 Å². The average Bonchev–Trinajstić information content (AvgIpc) is 3.51. The fourth-order valence-corrected chi connectivity index (χ4v) is 7.00. The van der Waals surface area contributed by atoms with Crippen LogP contribution in [-0.2, 0) is 4.79 Å². The second kappa shape index (κ2) is 10.6. The highest BCUT2D eigenvalue weighted by Gasteiger charge is 2.18. The molecule has 2 aromatic carbocycles. The van der Waals surface area contributed by atoms with Crippen LogP contribution in [0.4, 0.5) is 0 Å². The van der Waals surface area contributed by atoms with Crippen LogP contribution in [0.2, 0.25) is 0 Å². The van der Waals surface area contributed by atoms with E-state index in [1.165, 1.54) is 17.1 Å². The van der Waals surface area contributed by atoms with Gasteiger partial charge in [0.15, 0.2) is 6.61 Å². The zero-order chi connectivity index (χ0) is 24.2. The molecule has 8 heteroatoms. The molecule has 0 spiro atoms. The highest BCUT2D eigenvalue weighted by molar-refractivity contribution is 8.19. The minimum absolute atomic E-state index is 0.0895. The van der Waals surface area contributed by atoms with Crippen LogP contribution in [0, 0.1) is 13.8 Å². The van der Waals surface area contributed by atoms with Crippen molar-refractivity contribution in [2.75, 3.05) is 18.1 Å². The van der Waals surface area contributed by atoms with E-state index in [-0.39, 0.29) is 12.5 Å². The molecule has 35 heavy (non-hydrogen) atoms. The fraction of sp³-hybridized carbons (Fsp3) is 0.222. The molecule has 0 radical (unpaired) electrons. The smallest absolute Gasteiger partial charge is 0.277 e. The van der Waals surface area contributed by atoms with Crippen LogP contribution < -0.4 is 10.2 Å². The van der Waals surface area contributed by atoms with Crippen LogP contribution in [0.1, 0.15) is 27.1 Å². The number of hydrogen-bond donors (Lipinski definition) is 1. The molecule has 1 aliphatic heterocycles. The largest absolute Gasteiger partial charge is 0.484 e. The number of amides is 1. The zero-order valence-electron chi connectivity index (χ0n) is 19.6. The second-order valence-electron chi connectivity index (χ2n) is 8.27. The minimum Gasteiger partial charge on any atom is -0.484 e. The van der Waals surface area contributed by atoms with Gasteiger partial charge in [-0.05, 0) is 61.9 Å². The number of hydrogen-bond acceptors (Lipinski definition) is 6. The number of nitrogens with one attached hydrogen (secondary N) is 1. The van der Waals surface area contributed by atoms with Gasteiger partial charge in [0.1, 0.15) is 5.75 Å². The minimum atomic E-state index is -0.303. The van der Waals surface area contributed by atoms with Crippen LogP contribution in [-0.4, -0.2) is 39.8 Å². The third-order valence-corrected chi connectivity index (χ3v) is 8.96. The van der Waals surface area contributed by atoms with E-state index >= 15 is 0 Å². The highest BCUT2D eigenvalue weighted by atomic mass is 32.2. The number of hydrazone groups is 1. The summed E-state index contributed by atoms with van der Waals surface area (Å²) in [5.74, 6) is 2.76. The Morgan fingerprint density at radius 2 is 1.94 bits per heavy atom. The van der Waals surface area contributed by atoms with E-state index in [1.54, 1.807) is 12.4 Å². The van der Waals surface area contributed by atoms with Gasteiger partial charge < -0.3 is 9.30 Å². The third-order valence-electron chi connectivity index (χ3n) is 5.85. The van der Waals surface area contributed by atoms with Crippen molar-refractivity contribution in [1.29, 1.82) is 0 Å². The number of thioether (sulfide) groups is 2. The average molecular weight is 503 g/mol. The number of rotatable bonds is 7. The number of pyridine rings is 1. The first-order valence-corrected chi connectivity index (χ1v) is 13.5. The number of ether oxygens (including phenoxy) is 1. The van der Waals surface area contributed by atoms with Crippen molar-refractivity contribution in [3.8, 4) is 11.4 Å². The Balaban J connectivity index is 1.19. The van der Waals surface area contributed by atoms with Crippen molar-refractivity contribution >= 4 is 46.5 Å². The van der Waals surface area contributed by atoms with Crippen molar-refractivity contribution < 1.29 is 9.53 Å². The predicted octanol–water partition coefficient (Wildman–Crippen LogP) is 5.65. The molecule has 0 saturated carbocycles. The number of carbonyl (C=O) groups excluding carboxylic acids is 1. The Hall–Kier alpha value is -3.23. The normalized spacial score (nSPS) is 14.1. The van der Waals surface area contributed by atoms with Gasteiger partial charge in [-0.15, -0.1) is 23.5 Å². The molecular weight excluding hydrogens is 476 g/mol. The third kappa shape index (κ3) is 5.39. The standard InChI is InChI=1S/C27H26N4O2S2/c1-18-14-22(19(2)31(18)23-7-10-25-21(15-23)4-3-11-28-25)16-29-30-26(32)17-33-24-8-5-20(6-9-24)27-34-12-13-35-27/h3-11,14-16,27H,12-13,17H2,1-2H3,(H,30,32)/b29-16-. The number of benzene rings is 2. The molecule has 0 bridgehead atoms. The summed E-state index contributed by atoms with van der Waals surface area (Å²) in [7, 11) is 0. The monoisotopic (exact) mass is 502 g/mol. The van der Waals surface area contributed by atoms with Crippen LogP contribution in [0.5, 0.6) is 5.75 Å². The molecule has 1 saturated heterocycles. The van der Waals surface area contributed by atoms with E-state index in [0.29, 0.717) is 10.3 Å². The van der Waals surface area contributed by atoms with Crippen LogP contribution in [0.3, 0.4) is 0 Å². The first kappa shape index (κ1) is 23.5. The maximum atomic E-state index is 12.2. The molecule has 1 amide bonds. The summed E-state index contributed by atoms with van der Waals surface area (Å²) in [6.07, 6.45) is 3.47. The van der Waals surface area contributed by atoms with E-state index in [0.717, 1.165) is 33.5 Å². The molecule has 0 unspecified atom stereocenters. The van der Waals surface area contributed by atoms with E-state index in [9.17, 15) is 4.79 Å². The fourth-order valence-electron chi connectivity index (χ4n) is 4.14. The molecule has 0 atom stereocenters. The number of aryl methyl sites for hydroxylation is 1. The second-order valence-corrected chi connectivity index (χ2v) is 11.0. The summed E-state index contributed by atoms with van der Waals surface area (Å²) < 4.78 is 8.29. The number of aromatic nitrogens is 2. The van der Waals surface area contributed by atoms with Gasteiger partial charge in [0.05, 0.1) is 16.3 Å². The maximum absolute atomic E-state index is 12.2. The Morgan fingerprint density at radius 3 is 2.74 bits per heavy atom. The lowest BCUT2D eigenvalue weighted by molar-refractivity contribution is -0.123. The lowest BCUT2D eigenvalue weighted by Crippen LogP contribution is -2.24. The lowest BCUT2D eigenvalue weighted by Gasteiger charge is -2.10. The van der Waals surface area contributed by atoms with Gasteiger partial charge in [-0.3, -0.25) is 9.78 Å². The van der Waals surface area contributed by atoms with E-state index < -0.39 is 0 Å². The SMILES string of the molecule is Cc1cc(/C=N\NC(=O)COc2ccc(C3SCCS3)cc2)c(C)n1-c1ccc2ncccc2c1. The molecule has 5 rings (SSSR count). The van der Waals surface area contributed by atoms with Gasteiger partial charge in [-0.2, -0.15) is 5.10 Å². The van der Waals surface area contributed by atoms with Gasteiger partial charge >= 0.3 is 0 Å². The maximum Gasteiger partial charge on any atom is 0.277 e. The van der Waals surface area contributed by atoms with E-state index in [1.807, 2.05) is 54.7 Å². The van der Waals surface area contributed by atoms with Crippen molar-refractivity contribution in [1.82, 2.24) is 15.0 Å². The molecule has 1 fully saturated rings. The molecular formula is C27H26N4O2S2. The first-order chi connectivity index (χ1) is 17.1. The molecule has 6 nitrogen and oxygen atoms in total. The Kier molecular flexibility index (Phi) is 7.11. The Bertz CT molecular complexity index is 1380. The van der Waals surface area contributed by atoms with Gasteiger partial charge in [0.2, 0.25) is 0 Å². The van der Waals surface area contributed by atoms with Crippen molar-refractivity contribution in [2.45, 2.75) is 18.4 Å². The van der Waals surface area contributed by atoms with Gasteiger partial charge in [-0.1, -0.05) is 18.2 Å². The quantitative estimate of drug-likeness (QED) is 0.261. The predicted molar refractivity (Wildman–Crippen MR) is 146 cm³/mol. The van der Waals surface area contributed by atoms with Crippen molar-refractivity contribution in [3.05, 3.63) is 89.4 Å². The molecule has 4 aromatic rings. The first-order valence-electron chi connectivity index (χ1n) is 11.4. The molecule has 1 aliphatic rings. The van der Waals surface area contributed by atoms with Gasteiger partial charge in [0, 0.05) is 45.7 Å². The molecule has 3 heterocycles. The topological polar surface area (TPSA) is 68.5 Å². The number of carbonyl (C=O) groups is 1. The summed E-state index contributed by atoms with van der Waals surface area (Å²) in [5.41, 5.74) is 8.94.